The third kappa shape index (κ3) is 2.21. The van der Waals surface area contributed by atoms with Gasteiger partial charge in [-0.1, -0.05) is 31.9 Å². The number of nitrogens with zero attached hydrogens (tertiary/aromatic N) is 2. The van der Waals surface area contributed by atoms with Gasteiger partial charge in [0, 0.05) is 34.0 Å². The van der Waals surface area contributed by atoms with Gasteiger partial charge in [0.25, 0.3) is 0 Å². The number of aliphatic hydroxyl groups excluding tert-OH is 1. The lowest BCUT2D eigenvalue weighted by Gasteiger charge is -2.13. The van der Waals surface area contributed by atoms with E-state index in [0.717, 1.165) is 14.5 Å². The molecule has 1 heterocycles. The molecule has 0 aliphatic heterocycles. The van der Waals surface area contributed by atoms with Crippen LogP contribution in [0.25, 0.3) is 0 Å². The summed E-state index contributed by atoms with van der Waals surface area (Å²) in [5.74, 6) is 0.624. The molecule has 16 heavy (non-hydrogen) atoms. The SMILES string of the molecule is Cn1ccnc1C(O)c1cc(Br)ccc1Br. The summed E-state index contributed by atoms with van der Waals surface area (Å²) in [4.78, 5) is 4.14. The minimum atomic E-state index is -0.730. The van der Waals surface area contributed by atoms with Crippen LogP contribution in [0.15, 0.2) is 39.5 Å². The predicted octanol–water partition coefficient (Wildman–Crippen LogP) is 3.03. The normalized spacial score (nSPS) is 12.8. The number of hydrogen-bond acceptors (Lipinski definition) is 2. The van der Waals surface area contributed by atoms with E-state index in [-0.39, 0.29) is 0 Å². The Morgan fingerprint density at radius 1 is 1.38 bits per heavy atom. The Kier molecular flexibility index (Phi) is 3.47. The van der Waals surface area contributed by atoms with E-state index in [0.29, 0.717) is 5.82 Å². The minimum absolute atomic E-state index is 0.624. The Morgan fingerprint density at radius 2 is 2.12 bits per heavy atom. The molecule has 1 N–H and O–H groups in total. The molecule has 5 heteroatoms. The molecule has 0 saturated carbocycles. The van der Waals surface area contributed by atoms with Crippen molar-refractivity contribution >= 4 is 31.9 Å². The van der Waals surface area contributed by atoms with Crippen molar-refractivity contribution in [3.8, 4) is 0 Å². The Hall–Kier alpha value is -0.650. The molecule has 2 rings (SSSR count). The zero-order valence-corrected chi connectivity index (χ0v) is 11.7. The van der Waals surface area contributed by atoms with E-state index in [1.54, 1.807) is 10.8 Å². The van der Waals surface area contributed by atoms with Gasteiger partial charge in [0.15, 0.2) is 0 Å². The molecular formula is C11H10Br2N2O. The maximum absolute atomic E-state index is 10.2. The van der Waals surface area contributed by atoms with Gasteiger partial charge in [0.2, 0.25) is 0 Å². The molecule has 0 saturated heterocycles. The van der Waals surface area contributed by atoms with Crippen LogP contribution in [0.1, 0.15) is 17.5 Å². The Bertz CT molecular complexity index is 510. The largest absolute Gasteiger partial charge is 0.380 e. The van der Waals surface area contributed by atoms with Crippen molar-refractivity contribution in [2.75, 3.05) is 0 Å². The molecule has 0 bridgehead atoms. The highest BCUT2D eigenvalue weighted by molar-refractivity contribution is 9.11. The summed E-state index contributed by atoms with van der Waals surface area (Å²) in [5, 5.41) is 10.2. The molecule has 0 radical (unpaired) electrons. The fraction of sp³-hybridized carbons (Fsp3) is 0.182. The fourth-order valence-electron chi connectivity index (χ4n) is 1.50. The molecule has 3 nitrogen and oxygen atoms in total. The minimum Gasteiger partial charge on any atom is -0.380 e. The average Bonchev–Trinajstić information content (AvgIpc) is 2.67. The molecule has 0 aliphatic rings. The zero-order valence-electron chi connectivity index (χ0n) is 8.56. The highest BCUT2D eigenvalue weighted by atomic mass is 79.9. The first-order chi connectivity index (χ1) is 7.59. The van der Waals surface area contributed by atoms with Gasteiger partial charge in [0.1, 0.15) is 11.9 Å². The van der Waals surface area contributed by atoms with Gasteiger partial charge in [-0.2, -0.15) is 0 Å². The lowest BCUT2D eigenvalue weighted by atomic mass is 10.1. The van der Waals surface area contributed by atoms with Crippen LogP contribution >= 0.6 is 31.9 Å². The van der Waals surface area contributed by atoms with Gasteiger partial charge >= 0.3 is 0 Å². The Balaban J connectivity index is 2.45. The molecule has 84 valence electrons. The van der Waals surface area contributed by atoms with E-state index in [1.165, 1.54) is 0 Å². The molecule has 2 aromatic rings. The molecule has 1 aromatic heterocycles. The van der Waals surface area contributed by atoms with Gasteiger partial charge in [-0.05, 0) is 18.2 Å². The van der Waals surface area contributed by atoms with Crippen molar-refractivity contribution < 1.29 is 5.11 Å². The van der Waals surface area contributed by atoms with Crippen molar-refractivity contribution in [3.63, 3.8) is 0 Å². The molecule has 0 fully saturated rings. The monoisotopic (exact) mass is 344 g/mol. The third-order valence-electron chi connectivity index (χ3n) is 2.36. The molecular weight excluding hydrogens is 336 g/mol. The lowest BCUT2D eigenvalue weighted by molar-refractivity contribution is 0.205. The number of halogens is 2. The van der Waals surface area contributed by atoms with Crippen LogP contribution in [-0.4, -0.2) is 14.7 Å². The standard InChI is InChI=1S/C11H10Br2N2O/c1-15-5-4-14-11(15)10(16)8-6-7(12)2-3-9(8)13/h2-6,10,16H,1H3. The first-order valence-electron chi connectivity index (χ1n) is 4.70. The summed E-state index contributed by atoms with van der Waals surface area (Å²) in [6, 6.07) is 5.69. The predicted molar refractivity (Wildman–Crippen MR) is 69.1 cm³/mol. The summed E-state index contributed by atoms with van der Waals surface area (Å²) in [6.07, 6.45) is 2.75. The number of aryl methyl sites for hydroxylation is 1. The van der Waals surface area contributed by atoms with Crippen LogP contribution in [0, 0.1) is 0 Å². The average molecular weight is 346 g/mol. The third-order valence-corrected chi connectivity index (χ3v) is 3.57. The van der Waals surface area contributed by atoms with Gasteiger partial charge in [-0.15, -0.1) is 0 Å². The molecule has 1 aromatic carbocycles. The summed E-state index contributed by atoms with van der Waals surface area (Å²) in [5.41, 5.74) is 0.795. The van der Waals surface area contributed by atoms with E-state index in [2.05, 4.69) is 36.8 Å². The van der Waals surface area contributed by atoms with Crippen LogP contribution in [0.4, 0.5) is 0 Å². The van der Waals surface area contributed by atoms with E-state index in [1.807, 2.05) is 31.4 Å². The van der Waals surface area contributed by atoms with Crippen LogP contribution in [-0.2, 0) is 7.05 Å². The van der Waals surface area contributed by atoms with Crippen molar-refractivity contribution in [1.29, 1.82) is 0 Å². The quantitative estimate of drug-likeness (QED) is 0.908. The van der Waals surface area contributed by atoms with Crippen molar-refractivity contribution in [2.45, 2.75) is 6.10 Å². The topological polar surface area (TPSA) is 38.0 Å². The van der Waals surface area contributed by atoms with E-state index < -0.39 is 6.10 Å². The van der Waals surface area contributed by atoms with E-state index >= 15 is 0 Å². The second kappa shape index (κ2) is 4.69. The molecule has 0 aliphatic carbocycles. The number of hydrogen-bond donors (Lipinski definition) is 1. The summed E-state index contributed by atoms with van der Waals surface area (Å²) in [6.45, 7) is 0. The van der Waals surface area contributed by atoms with Crippen LogP contribution < -0.4 is 0 Å². The van der Waals surface area contributed by atoms with Gasteiger partial charge in [-0.3, -0.25) is 0 Å². The molecule has 0 spiro atoms. The van der Waals surface area contributed by atoms with Gasteiger partial charge in [-0.25, -0.2) is 4.98 Å². The molecule has 1 unspecified atom stereocenters. The summed E-state index contributed by atoms with van der Waals surface area (Å²) < 4.78 is 3.60. The van der Waals surface area contributed by atoms with Crippen LogP contribution in [0.2, 0.25) is 0 Å². The van der Waals surface area contributed by atoms with Crippen LogP contribution in [0.3, 0.4) is 0 Å². The Morgan fingerprint density at radius 3 is 2.75 bits per heavy atom. The van der Waals surface area contributed by atoms with Crippen molar-refractivity contribution in [1.82, 2.24) is 9.55 Å². The number of rotatable bonds is 2. The number of imidazole rings is 1. The highest BCUT2D eigenvalue weighted by Gasteiger charge is 2.17. The number of aromatic nitrogens is 2. The molecule has 1 atom stereocenters. The fourth-order valence-corrected chi connectivity index (χ4v) is 2.35. The van der Waals surface area contributed by atoms with Crippen LogP contribution in [0.5, 0.6) is 0 Å². The summed E-state index contributed by atoms with van der Waals surface area (Å²) in [7, 11) is 1.86. The van der Waals surface area contributed by atoms with E-state index in [9.17, 15) is 5.11 Å². The first-order valence-corrected chi connectivity index (χ1v) is 6.28. The number of benzene rings is 1. The lowest BCUT2D eigenvalue weighted by Crippen LogP contribution is -2.07. The second-order valence-electron chi connectivity index (χ2n) is 3.46. The zero-order chi connectivity index (χ0) is 11.7. The first kappa shape index (κ1) is 11.8. The van der Waals surface area contributed by atoms with Gasteiger partial charge in [0.05, 0.1) is 0 Å². The number of aliphatic hydroxyl groups is 1. The van der Waals surface area contributed by atoms with Crippen molar-refractivity contribution in [3.05, 3.63) is 50.9 Å². The smallest absolute Gasteiger partial charge is 0.142 e. The maximum atomic E-state index is 10.2. The highest BCUT2D eigenvalue weighted by Crippen LogP contribution is 2.29. The van der Waals surface area contributed by atoms with E-state index in [4.69, 9.17) is 0 Å². The van der Waals surface area contributed by atoms with Crippen molar-refractivity contribution in [2.24, 2.45) is 7.05 Å². The Labute approximate surface area is 110 Å². The van der Waals surface area contributed by atoms with Gasteiger partial charge < -0.3 is 9.67 Å². The summed E-state index contributed by atoms with van der Waals surface area (Å²) >= 11 is 6.81. The second-order valence-corrected chi connectivity index (χ2v) is 5.23. The maximum Gasteiger partial charge on any atom is 0.142 e. The molecule has 0 amide bonds.